The Morgan fingerprint density at radius 2 is 2.04 bits per heavy atom. The number of rotatable bonds is 1. The highest BCUT2D eigenvalue weighted by Gasteiger charge is 2.29. The average molecular weight is 330 g/mol. The maximum Gasteiger partial charge on any atom is 0.298 e. The molecule has 0 atom stereocenters. The number of nitrogens with one attached hydrogen (secondary N) is 1. The van der Waals surface area contributed by atoms with Crippen LogP contribution in [-0.2, 0) is 10.1 Å². The number of hydrogen-bond donors (Lipinski definition) is 2. The molecule has 0 saturated carbocycles. The van der Waals surface area contributed by atoms with Crippen LogP contribution in [0.1, 0.15) is 5.56 Å². The van der Waals surface area contributed by atoms with Crippen LogP contribution in [0, 0.1) is 6.92 Å². The second-order valence-electron chi connectivity index (χ2n) is 5.30. The fourth-order valence-electron chi connectivity index (χ4n) is 2.79. The number of fused-ring (bicyclic) bond motifs is 2. The summed E-state index contributed by atoms with van der Waals surface area (Å²) >= 11 is 0. The molecule has 8 heteroatoms. The van der Waals surface area contributed by atoms with E-state index < -0.39 is 10.1 Å². The topological polar surface area (TPSA) is 109 Å². The third kappa shape index (κ3) is 1.96. The van der Waals surface area contributed by atoms with Gasteiger partial charge in [0.1, 0.15) is 16.3 Å². The second-order valence-corrected chi connectivity index (χ2v) is 6.69. The minimum absolute atomic E-state index is 0.00218. The Balaban J connectivity index is 2.21. The fraction of sp³-hybridized carbons (Fsp3) is 0.0667. The lowest BCUT2D eigenvalue weighted by Crippen LogP contribution is -2.13. The van der Waals surface area contributed by atoms with Gasteiger partial charge < -0.3 is 4.74 Å². The zero-order chi connectivity index (χ0) is 16.4. The summed E-state index contributed by atoms with van der Waals surface area (Å²) in [4.78, 5) is 11.6. The van der Waals surface area contributed by atoms with Gasteiger partial charge in [-0.2, -0.15) is 13.5 Å². The van der Waals surface area contributed by atoms with E-state index in [2.05, 4.69) is 10.2 Å². The van der Waals surface area contributed by atoms with E-state index in [4.69, 9.17) is 4.74 Å². The predicted molar refractivity (Wildman–Crippen MR) is 82.4 cm³/mol. The summed E-state index contributed by atoms with van der Waals surface area (Å²) in [5.74, 6) is 0.315. The van der Waals surface area contributed by atoms with Crippen LogP contribution in [0.4, 0.5) is 0 Å². The van der Waals surface area contributed by atoms with Crippen molar-refractivity contribution in [2.45, 2.75) is 11.8 Å². The number of aromatic amines is 1. The van der Waals surface area contributed by atoms with Crippen molar-refractivity contribution in [1.29, 1.82) is 0 Å². The molecule has 2 heterocycles. The van der Waals surface area contributed by atoms with Crippen molar-refractivity contribution in [3.05, 3.63) is 46.2 Å². The molecule has 2 aromatic carbocycles. The third-order valence-corrected chi connectivity index (χ3v) is 4.58. The molecule has 4 rings (SSSR count). The lowest BCUT2D eigenvalue weighted by Gasteiger charge is -2.21. The number of hydrogen-bond acceptors (Lipinski definition) is 5. The third-order valence-electron chi connectivity index (χ3n) is 3.72. The van der Waals surface area contributed by atoms with Crippen molar-refractivity contribution in [2.24, 2.45) is 0 Å². The van der Waals surface area contributed by atoms with E-state index in [-0.39, 0.29) is 16.2 Å². The van der Waals surface area contributed by atoms with Crippen molar-refractivity contribution >= 4 is 20.9 Å². The van der Waals surface area contributed by atoms with Gasteiger partial charge in [-0.1, -0.05) is 6.07 Å². The van der Waals surface area contributed by atoms with Gasteiger partial charge in [0.05, 0.1) is 10.8 Å². The molecule has 0 unspecified atom stereocenters. The molecule has 0 radical (unpaired) electrons. The van der Waals surface area contributed by atoms with E-state index in [0.717, 1.165) is 0 Å². The maximum absolute atomic E-state index is 11.9. The number of aryl methyl sites for hydroxylation is 1. The summed E-state index contributed by atoms with van der Waals surface area (Å²) in [5, 5.41) is 7.36. The Morgan fingerprint density at radius 1 is 1.26 bits per heavy atom. The number of nitrogens with zero attached hydrogens (tertiary/aromatic N) is 1. The first kappa shape index (κ1) is 13.9. The van der Waals surface area contributed by atoms with E-state index in [0.29, 0.717) is 33.3 Å². The highest BCUT2D eigenvalue weighted by Crippen LogP contribution is 2.47. The van der Waals surface area contributed by atoms with Crippen LogP contribution >= 0.6 is 0 Å². The molecule has 2 N–H and O–H groups in total. The first-order valence-corrected chi connectivity index (χ1v) is 8.12. The summed E-state index contributed by atoms with van der Waals surface area (Å²) in [6.45, 7) is 1.69. The number of benzene rings is 2. The molecule has 1 aliphatic rings. The van der Waals surface area contributed by atoms with Gasteiger partial charge in [0.15, 0.2) is 5.75 Å². The number of aromatic nitrogens is 2. The molecule has 0 bridgehead atoms. The summed E-state index contributed by atoms with van der Waals surface area (Å²) < 4.78 is 38.5. The zero-order valence-corrected chi connectivity index (χ0v) is 12.6. The van der Waals surface area contributed by atoms with Crippen molar-refractivity contribution < 1.29 is 17.7 Å². The minimum atomic E-state index is -4.47. The monoisotopic (exact) mass is 330 g/mol. The van der Waals surface area contributed by atoms with Crippen LogP contribution in [-0.4, -0.2) is 23.2 Å². The molecule has 0 spiro atoms. The summed E-state index contributed by atoms with van der Waals surface area (Å²) in [6.07, 6.45) is 0. The summed E-state index contributed by atoms with van der Waals surface area (Å²) in [5.41, 5.74) is 1.06. The summed E-state index contributed by atoms with van der Waals surface area (Å²) in [6, 6.07) is 7.90. The number of ether oxygens (including phenoxy) is 1. The van der Waals surface area contributed by atoms with E-state index in [9.17, 15) is 17.8 Å². The minimum Gasteiger partial charge on any atom is -0.454 e. The Hall–Kier alpha value is -2.71. The van der Waals surface area contributed by atoms with Gasteiger partial charge >= 0.3 is 0 Å². The molecule has 0 aliphatic carbocycles. The first-order valence-electron chi connectivity index (χ1n) is 6.68. The van der Waals surface area contributed by atoms with Gasteiger partial charge in [-0.25, -0.2) is 5.10 Å². The Kier molecular flexibility index (Phi) is 2.66. The van der Waals surface area contributed by atoms with Crippen LogP contribution in [0.15, 0.2) is 40.0 Å². The molecule has 23 heavy (non-hydrogen) atoms. The lowest BCUT2D eigenvalue weighted by atomic mass is 9.99. The SMILES string of the molecule is Cc1cc2c(c(S(=O)(=O)O)c1)Oc1cccc3c(=O)[nH]nc-2c13. The Bertz CT molecular complexity index is 1150. The molecule has 0 saturated heterocycles. The zero-order valence-electron chi connectivity index (χ0n) is 11.8. The van der Waals surface area contributed by atoms with Gasteiger partial charge in [0.25, 0.3) is 15.7 Å². The predicted octanol–water partition coefficient (Wildman–Crippen LogP) is 2.25. The van der Waals surface area contributed by atoms with Gasteiger partial charge in [-0.05, 0) is 36.8 Å². The quantitative estimate of drug-likeness (QED) is 0.518. The fourth-order valence-corrected chi connectivity index (χ4v) is 3.51. The molecular formula is C15H10N2O5S. The molecular weight excluding hydrogens is 320 g/mol. The molecule has 7 nitrogen and oxygen atoms in total. The van der Waals surface area contributed by atoms with Gasteiger partial charge in [-0.3, -0.25) is 9.35 Å². The Morgan fingerprint density at radius 3 is 2.78 bits per heavy atom. The highest BCUT2D eigenvalue weighted by atomic mass is 32.2. The van der Waals surface area contributed by atoms with Crippen molar-refractivity contribution in [3.63, 3.8) is 0 Å². The highest BCUT2D eigenvalue weighted by molar-refractivity contribution is 7.86. The van der Waals surface area contributed by atoms with E-state index in [1.54, 1.807) is 31.2 Å². The number of H-pyrrole nitrogens is 1. The van der Waals surface area contributed by atoms with Crippen molar-refractivity contribution in [3.8, 4) is 22.8 Å². The first-order chi connectivity index (χ1) is 10.9. The summed E-state index contributed by atoms with van der Waals surface area (Å²) in [7, 11) is -4.47. The molecule has 1 aliphatic heterocycles. The van der Waals surface area contributed by atoms with Crippen LogP contribution in [0.2, 0.25) is 0 Å². The van der Waals surface area contributed by atoms with E-state index in [1.165, 1.54) is 6.07 Å². The van der Waals surface area contributed by atoms with Crippen LogP contribution in [0.3, 0.4) is 0 Å². The second kappa shape index (κ2) is 4.40. The maximum atomic E-state index is 11.9. The standard InChI is InChI=1S/C15H10N2O5S/c1-7-5-9-13-12-8(15(18)17-16-13)3-2-4-10(12)22-14(9)11(6-7)23(19,20)21/h2-6H,1H3,(H,17,18)(H,19,20,21). The Labute approximate surface area is 130 Å². The van der Waals surface area contributed by atoms with E-state index >= 15 is 0 Å². The molecule has 116 valence electrons. The molecule has 0 fully saturated rings. The largest absolute Gasteiger partial charge is 0.454 e. The van der Waals surface area contributed by atoms with Gasteiger partial charge in [-0.15, -0.1) is 0 Å². The van der Waals surface area contributed by atoms with Crippen molar-refractivity contribution in [1.82, 2.24) is 10.2 Å². The molecule has 3 aromatic rings. The normalized spacial score (nSPS) is 12.8. The van der Waals surface area contributed by atoms with Gasteiger partial charge in [0.2, 0.25) is 0 Å². The van der Waals surface area contributed by atoms with Crippen LogP contribution in [0.5, 0.6) is 11.5 Å². The average Bonchev–Trinajstić information content (AvgIpc) is 2.49. The van der Waals surface area contributed by atoms with Crippen LogP contribution < -0.4 is 10.3 Å². The molecule has 1 aromatic heterocycles. The molecule has 0 amide bonds. The van der Waals surface area contributed by atoms with Crippen molar-refractivity contribution in [2.75, 3.05) is 0 Å². The smallest absolute Gasteiger partial charge is 0.298 e. The van der Waals surface area contributed by atoms with Crippen LogP contribution in [0.25, 0.3) is 22.0 Å². The van der Waals surface area contributed by atoms with Gasteiger partial charge in [0, 0.05) is 5.56 Å². The lowest BCUT2D eigenvalue weighted by molar-refractivity contribution is 0.451. The van der Waals surface area contributed by atoms with E-state index in [1.807, 2.05) is 0 Å².